The van der Waals surface area contributed by atoms with Gasteiger partial charge in [0.15, 0.2) is 0 Å². The molecule has 1 aromatic carbocycles. The lowest BCUT2D eigenvalue weighted by Gasteiger charge is -2.10. The van der Waals surface area contributed by atoms with Crippen molar-refractivity contribution in [1.82, 2.24) is 0 Å². The van der Waals surface area contributed by atoms with E-state index in [9.17, 15) is 22.4 Å². The van der Waals surface area contributed by atoms with Gasteiger partial charge in [-0.15, -0.1) is 0 Å². The summed E-state index contributed by atoms with van der Waals surface area (Å²) < 4.78 is 56.2. The Labute approximate surface area is 165 Å². The van der Waals surface area contributed by atoms with Crippen molar-refractivity contribution in [3.8, 4) is 0 Å². The van der Waals surface area contributed by atoms with Crippen molar-refractivity contribution in [2.24, 2.45) is 0 Å². The van der Waals surface area contributed by atoms with Gasteiger partial charge >= 0.3 is 12.1 Å². The van der Waals surface area contributed by atoms with E-state index in [-0.39, 0.29) is 12.2 Å². The largest absolute Gasteiger partial charge is 0.462 e. The van der Waals surface area contributed by atoms with Gasteiger partial charge in [-0.25, -0.2) is 9.18 Å². The third kappa shape index (κ3) is 10.1. The zero-order chi connectivity index (χ0) is 20.8. The van der Waals surface area contributed by atoms with Crippen molar-refractivity contribution in [3.63, 3.8) is 0 Å². The molecule has 0 aliphatic carbocycles. The lowest BCUT2D eigenvalue weighted by molar-refractivity contribution is -0.140. The first-order valence-electron chi connectivity index (χ1n) is 10.4. The quantitative estimate of drug-likeness (QED) is 0.180. The number of hydrogen-bond acceptors (Lipinski definition) is 2. The van der Waals surface area contributed by atoms with Crippen molar-refractivity contribution < 1.29 is 27.1 Å². The van der Waals surface area contributed by atoms with E-state index in [1.165, 1.54) is 51.4 Å². The highest BCUT2D eigenvalue weighted by atomic mass is 19.4. The highest BCUT2D eigenvalue weighted by Crippen LogP contribution is 2.32. The number of unbranched alkanes of at least 4 members (excludes halogenated alkanes) is 11. The maximum absolute atomic E-state index is 13.2. The molecule has 6 heteroatoms. The Bertz CT molecular complexity index is 570. The SMILES string of the molecule is CCCCCCCCCCCCCCOC(=O)c1ccc(F)c(C(F)(F)F)c1. The molecule has 0 atom stereocenters. The Kier molecular flexibility index (Phi) is 11.8. The molecule has 160 valence electrons. The van der Waals surface area contributed by atoms with Crippen LogP contribution in [0.1, 0.15) is 99.9 Å². The smallest absolute Gasteiger partial charge is 0.419 e. The first-order chi connectivity index (χ1) is 13.4. The van der Waals surface area contributed by atoms with Crippen LogP contribution >= 0.6 is 0 Å². The molecule has 0 saturated heterocycles. The summed E-state index contributed by atoms with van der Waals surface area (Å²) in [6, 6.07) is 2.15. The summed E-state index contributed by atoms with van der Waals surface area (Å²) in [4.78, 5) is 11.8. The summed E-state index contributed by atoms with van der Waals surface area (Å²) in [7, 11) is 0. The molecule has 28 heavy (non-hydrogen) atoms. The zero-order valence-corrected chi connectivity index (χ0v) is 16.8. The maximum atomic E-state index is 13.2. The average molecular weight is 404 g/mol. The molecule has 0 aliphatic heterocycles. The van der Waals surface area contributed by atoms with E-state index in [4.69, 9.17) is 4.74 Å². The Hall–Kier alpha value is -1.59. The number of carbonyl (C=O) groups excluding carboxylic acids is 1. The van der Waals surface area contributed by atoms with Gasteiger partial charge in [-0.1, -0.05) is 77.6 Å². The minimum Gasteiger partial charge on any atom is -0.462 e. The van der Waals surface area contributed by atoms with E-state index in [1.54, 1.807) is 0 Å². The highest BCUT2D eigenvalue weighted by Gasteiger charge is 2.34. The standard InChI is InChI=1S/C22H32F4O2/c1-2-3-4-5-6-7-8-9-10-11-12-13-16-28-21(27)18-14-15-20(23)19(17-18)22(24,25)26/h14-15,17H,2-13,16H2,1H3. The number of halogens is 4. The van der Waals surface area contributed by atoms with Crippen molar-refractivity contribution in [1.29, 1.82) is 0 Å². The van der Waals surface area contributed by atoms with Gasteiger partial charge in [0, 0.05) is 0 Å². The topological polar surface area (TPSA) is 26.3 Å². The number of hydrogen-bond donors (Lipinski definition) is 0. The molecular formula is C22H32F4O2. The molecule has 0 aromatic heterocycles. The monoisotopic (exact) mass is 404 g/mol. The molecule has 0 radical (unpaired) electrons. The second kappa shape index (κ2) is 13.6. The molecule has 1 rings (SSSR count). The fourth-order valence-corrected chi connectivity index (χ4v) is 3.06. The molecule has 1 aromatic rings. The first-order valence-corrected chi connectivity index (χ1v) is 10.4. The molecule has 0 heterocycles. The third-order valence-corrected chi connectivity index (χ3v) is 4.74. The number of ether oxygens (including phenoxy) is 1. The van der Waals surface area contributed by atoms with Crippen LogP contribution in [0.3, 0.4) is 0 Å². The lowest BCUT2D eigenvalue weighted by Crippen LogP contribution is -2.12. The van der Waals surface area contributed by atoms with Gasteiger partial charge < -0.3 is 4.74 Å². The highest BCUT2D eigenvalue weighted by molar-refractivity contribution is 5.89. The van der Waals surface area contributed by atoms with Crippen LogP contribution in [0.2, 0.25) is 0 Å². The van der Waals surface area contributed by atoms with Crippen molar-refractivity contribution >= 4 is 5.97 Å². The molecule has 0 saturated carbocycles. The van der Waals surface area contributed by atoms with E-state index in [1.807, 2.05) is 0 Å². The van der Waals surface area contributed by atoms with Gasteiger partial charge in [0.25, 0.3) is 0 Å². The number of esters is 1. The predicted molar refractivity (Wildman–Crippen MR) is 103 cm³/mol. The fraction of sp³-hybridized carbons (Fsp3) is 0.682. The van der Waals surface area contributed by atoms with Gasteiger partial charge in [-0.3, -0.25) is 0 Å². The summed E-state index contributed by atoms with van der Waals surface area (Å²) in [6.07, 6.45) is 9.31. The second-order valence-electron chi connectivity index (χ2n) is 7.22. The molecule has 0 aliphatic rings. The van der Waals surface area contributed by atoms with Gasteiger partial charge in [-0.05, 0) is 24.6 Å². The molecule has 2 nitrogen and oxygen atoms in total. The number of alkyl halides is 3. The van der Waals surface area contributed by atoms with Crippen molar-refractivity contribution in [2.75, 3.05) is 6.61 Å². The van der Waals surface area contributed by atoms with Crippen LogP contribution in [0.25, 0.3) is 0 Å². The molecular weight excluding hydrogens is 372 g/mol. The van der Waals surface area contributed by atoms with E-state index in [0.29, 0.717) is 18.6 Å². The minimum absolute atomic E-state index is 0.162. The van der Waals surface area contributed by atoms with Crippen molar-refractivity contribution in [3.05, 3.63) is 35.1 Å². The third-order valence-electron chi connectivity index (χ3n) is 4.74. The average Bonchev–Trinajstić information content (AvgIpc) is 2.64. The zero-order valence-electron chi connectivity index (χ0n) is 16.8. The van der Waals surface area contributed by atoms with E-state index >= 15 is 0 Å². The summed E-state index contributed by atoms with van der Waals surface area (Å²) >= 11 is 0. The molecule has 0 bridgehead atoms. The van der Waals surface area contributed by atoms with Crippen LogP contribution in [0.4, 0.5) is 17.6 Å². The molecule has 0 N–H and O–H groups in total. The normalized spacial score (nSPS) is 11.6. The fourth-order valence-electron chi connectivity index (χ4n) is 3.06. The van der Waals surface area contributed by atoms with Crippen LogP contribution in [-0.2, 0) is 10.9 Å². The first kappa shape index (κ1) is 24.4. The minimum atomic E-state index is -4.84. The number of carbonyl (C=O) groups is 1. The van der Waals surface area contributed by atoms with Crippen molar-refractivity contribution in [2.45, 2.75) is 90.1 Å². The van der Waals surface area contributed by atoms with Gasteiger partial charge in [0.2, 0.25) is 0 Å². The lowest BCUT2D eigenvalue weighted by atomic mass is 10.1. The maximum Gasteiger partial charge on any atom is 0.419 e. The number of rotatable bonds is 14. The Morgan fingerprint density at radius 1 is 0.857 bits per heavy atom. The van der Waals surface area contributed by atoms with E-state index in [0.717, 1.165) is 25.3 Å². The van der Waals surface area contributed by atoms with Crippen LogP contribution < -0.4 is 0 Å². The molecule has 0 spiro atoms. The Balaban J connectivity index is 2.10. The Morgan fingerprint density at radius 3 is 1.86 bits per heavy atom. The summed E-state index contributed by atoms with van der Waals surface area (Å²) in [6.45, 7) is 2.38. The van der Waals surface area contributed by atoms with Crippen LogP contribution in [-0.4, -0.2) is 12.6 Å². The molecule has 0 fully saturated rings. The number of benzene rings is 1. The van der Waals surface area contributed by atoms with Crippen LogP contribution in [0, 0.1) is 5.82 Å². The summed E-state index contributed by atoms with van der Waals surface area (Å²) in [5.74, 6) is -2.25. The second-order valence-corrected chi connectivity index (χ2v) is 7.22. The van der Waals surface area contributed by atoms with E-state index in [2.05, 4.69) is 6.92 Å². The summed E-state index contributed by atoms with van der Waals surface area (Å²) in [5, 5.41) is 0. The van der Waals surface area contributed by atoms with Crippen LogP contribution in [0.15, 0.2) is 18.2 Å². The summed E-state index contributed by atoms with van der Waals surface area (Å²) in [5.41, 5.74) is -1.74. The van der Waals surface area contributed by atoms with E-state index < -0.39 is 23.5 Å². The van der Waals surface area contributed by atoms with Gasteiger partial charge in [-0.2, -0.15) is 13.2 Å². The van der Waals surface area contributed by atoms with Gasteiger partial charge in [0.1, 0.15) is 5.82 Å². The predicted octanol–water partition coefficient (Wildman–Crippen LogP) is 7.70. The molecule has 0 unspecified atom stereocenters. The Morgan fingerprint density at radius 2 is 1.36 bits per heavy atom. The van der Waals surface area contributed by atoms with Gasteiger partial charge in [0.05, 0.1) is 17.7 Å². The molecule has 0 amide bonds. The van der Waals surface area contributed by atoms with Crippen LogP contribution in [0.5, 0.6) is 0 Å².